The Kier molecular flexibility index (Phi) is 5.18. The zero-order chi connectivity index (χ0) is 19.6. The molecule has 0 unspecified atom stereocenters. The van der Waals surface area contributed by atoms with E-state index in [4.69, 9.17) is 0 Å². The molecule has 0 aromatic heterocycles. The number of hydrogen-bond acceptors (Lipinski definition) is 2. The zero-order valence-corrected chi connectivity index (χ0v) is 16.4. The summed E-state index contributed by atoms with van der Waals surface area (Å²) >= 11 is 0. The van der Waals surface area contributed by atoms with Gasteiger partial charge in [-0.1, -0.05) is 68.8 Å². The molecule has 2 aromatic rings. The van der Waals surface area contributed by atoms with Gasteiger partial charge in [0.2, 0.25) is 0 Å². The van der Waals surface area contributed by atoms with Gasteiger partial charge in [-0.3, -0.25) is 4.79 Å². The van der Waals surface area contributed by atoms with Crippen LogP contribution in [0.1, 0.15) is 49.4 Å². The number of allylic oxidation sites excluding steroid dienone is 6. The summed E-state index contributed by atoms with van der Waals surface area (Å²) in [5.41, 5.74) is 6.22. The third kappa shape index (κ3) is 3.80. The van der Waals surface area contributed by atoms with E-state index in [0.717, 1.165) is 28.7 Å². The van der Waals surface area contributed by atoms with E-state index in [1.165, 1.54) is 11.1 Å². The van der Waals surface area contributed by atoms with E-state index in [1.807, 2.05) is 18.2 Å². The molecule has 0 amide bonds. The van der Waals surface area contributed by atoms with Crippen LogP contribution in [-0.2, 0) is 10.2 Å². The Morgan fingerprint density at radius 3 is 2.33 bits per heavy atom. The minimum Gasteiger partial charge on any atom is -0.508 e. The van der Waals surface area contributed by atoms with E-state index in [2.05, 4.69) is 58.0 Å². The Morgan fingerprint density at radius 1 is 1.00 bits per heavy atom. The number of ketones is 1. The largest absolute Gasteiger partial charge is 0.508 e. The number of hydrogen-bond donors (Lipinski definition) is 1. The van der Waals surface area contributed by atoms with E-state index >= 15 is 0 Å². The monoisotopic (exact) mass is 358 g/mol. The lowest BCUT2D eigenvalue weighted by molar-refractivity contribution is -0.110. The lowest BCUT2D eigenvalue weighted by Gasteiger charge is -2.28. The second-order valence-electron chi connectivity index (χ2n) is 7.58. The highest BCUT2D eigenvalue weighted by atomic mass is 16.3. The minimum absolute atomic E-state index is 0.0150. The van der Waals surface area contributed by atoms with Crippen LogP contribution in [0, 0.1) is 6.92 Å². The molecule has 0 spiro atoms. The topological polar surface area (TPSA) is 37.3 Å². The number of carbonyl (C=O) groups excluding carboxylic acids is 1. The number of aromatic hydroxyl groups is 1. The van der Waals surface area contributed by atoms with Gasteiger partial charge in [-0.05, 0) is 59.9 Å². The number of aryl methyl sites for hydroxylation is 1. The first kappa shape index (κ1) is 18.9. The highest BCUT2D eigenvalue weighted by Gasteiger charge is 2.27. The molecule has 3 rings (SSSR count). The van der Waals surface area contributed by atoms with Crippen molar-refractivity contribution in [2.45, 2.75) is 39.5 Å². The van der Waals surface area contributed by atoms with Gasteiger partial charge in [0.25, 0.3) is 0 Å². The molecule has 1 aliphatic carbocycles. The van der Waals surface area contributed by atoms with Crippen molar-refractivity contribution in [1.29, 1.82) is 0 Å². The van der Waals surface area contributed by atoms with E-state index in [1.54, 1.807) is 18.2 Å². The van der Waals surface area contributed by atoms with Crippen LogP contribution < -0.4 is 0 Å². The molecule has 0 fully saturated rings. The van der Waals surface area contributed by atoms with E-state index in [0.29, 0.717) is 5.75 Å². The maximum absolute atomic E-state index is 11.4. The van der Waals surface area contributed by atoms with Gasteiger partial charge in [-0.25, -0.2) is 0 Å². The highest BCUT2D eigenvalue weighted by molar-refractivity contribution is 6.02. The van der Waals surface area contributed by atoms with Crippen LogP contribution in [0.2, 0.25) is 0 Å². The standard InChI is InChI=1S/C25H26O2/c1-5-22(18-9-12-21(26)13-10-18)19-11-14-24(27)23(16-19)25(3,4)20-8-6-7-17(2)15-20/h6-16,27H,5H2,1-4H3. The first-order chi connectivity index (χ1) is 12.8. The van der Waals surface area contributed by atoms with Crippen molar-refractivity contribution in [1.82, 2.24) is 0 Å². The molecule has 1 N–H and O–H groups in total. The smallest absolute Gasteiger partial charge is 0.178 e. The molecule has 0 bridgehead atoms. The van der Waals surface area contributed by atoms with Crippen LogP contribution in [-0.4, -0.2) is 10.9 Å². The van der Waals surface area contributed by atoms with Crippen molar-refractivity contribution in [2.24, 2.45) is 0 Å². The van der Waals surface area contributed by atoms with Gasteiger partial charge >= 0.3 is 0 Å². The van der Waals surface area contributed by atoms with Crippen LogP contribution >= 0.6 is 0 Å². The molecule has 27 heavy (non-hydrogen) atoms. The first-order valence-corrected chi connectivity index (χ1v) is 9.37. The summed E-state index contributed by atoms with van der Waals surface area (Å²) in [5, 5.41) is 10.6. The normalized spacial score (nSPS) is 13.9. The van der Waals surface area contributed by atoms with Gasteiger partial charge in [-0.2, -0.15) is 0 Å². The maximum atomic E-state index is 11.4. The van der Waals surface area contributed by atoms with Crippen LogP contribution in [0.3, 0.4) is 0 Å². The molecule has 2 heteroatoms. The highest BCUT2D eigenvalue weighted by Crippen LogP contribution is 2.39. The van der Waals surface area contributed by atoms with Crippen LogP contribution in [0.5, 0.6) is 5.75 Å². The summed E-state index contributed by atoms with van der Waals surface area (Å²) < 4.78 is 0. The van der Waals surface area contributed by atoms with Crippen molar-refractivity contribution in [3.8, 4) is 5.75 Å². The van der Waals surface area contributed by atoms with Crippen LogP contribution in [0.25, 0.3) is 5.57 Å². The predicted molar refractivity (Wildman–Crippen MR) is 112 cm³/mol. The molecule has 0 atom stereocenters. The van der Waals surface area contributed by atoms with Crippen molar-refractivity contribution in [3.63, 3.8) is 0 Å². The van der Waals surface area contributed by atoms with Crippen molar-refractivity contribution in [2.75, 3.05) is 0 Å². The third-order valence-electron chi connectivity index (χ3n) is 5.31. The number of rotatable bonds is 4. The quantitative estimate of drug-likeness (QED) is 0.740. The molecular formula is C25H26O2. The molecular weight excluding hydrogens is 332 g/mol. The number of carbonyl (C=O) groups is 1. The Bertz CT molecular complexity index is 954. The molecule has 1 aliphatic rings. The maximum Gasteiger partial charge on any atom is 0.178 e. The Balaban J connectivity index is 2.12. The summed E-state index contributed by atoms with van der Waals surface area (Å²) in [4.78, 5) is 11.4. The Labute approximate surface area is 161 Å². The predicted octanol–water partition coefficient (Wildman–Crippen LogP) is 5.89. The van der Waals surface area contributed by atoms with Gasteiger partial charge in [0.1, 0.15) is 5.75 Å². The molecule has 0 radical (unpaired) electrons. The summed E-state index contributed by atoms with van der Waals surface area (Å²) in [6.45, 7) is 8.47. The van der Waals surface area contributed by atoms with Crippen molar-refractivity contribution >= 4 is 11.4 Å². The fourth-order valence-corrected chi connectivity index (χ4v) is 3.64. The van der Waals surface area contributed by atoms with Crippen molar-refractivity contribution < 1.29 is 9.90 Å². The molecule has 0 heterocycles. The second-order valence-corrected chi connectivity index (χ2v) is 7.58. The second kappa shape index (κ2) is 7.40. The van der Waals surface area contributed by atoms with Crippen molar-refractivity contribution in [3.05, 3.63) is 94.6 Å². The van der Waals surface area contributed by atoms with E-state index in [9.17, 15) is 9.90 Å². The molecule has 138 valence electrons. The van der Waals surface area contributed by atoms with Crippen LogP contribution in [0.15, 0.2) is 72.3 Å². The van der Waals surface area contributed by atoms with Gasteiger partial charge in [0, 0.05) is 11.0 Å². The minimum atomic E-state index is -0.330. The van der Waals surface area contributed by atoms with Gasteiger partial charge in [0.05, 0.1) is 0 Å². The molecule has 2 nitrogen and oxygen atoms in total. The zero-order valence-electron chi connectivity index (χ0n) is 16.4. The summed E-state index contributed by atoms with van der Waals surface area (Å²) in [7, 11) is 0. The number of phenols is 1. The molecule has 0 aliphatic heterocycles. The summed E-state index contributed by atoms with van der Waals surface area (Å²) in [6, 6.07) is 14.2. The SMILES string of the molecule is CCC(=C1C=CC(=O)C=C1)c1ccc(O)c(C(C)(C)c2cccc(C)c2)c1. The number of benzene rings is 2. The average Bonchev–Trinajstić information content (AvgIpc) is 2.65. The molecule has 0 saturated carbocycles. The van der Waals surface area contributed by atoms with E-state index in [-0.39, 0.29) is 11.2 Å². The fraction of sp³-hybridized carbons (Fsp3) is 0.240. The van der Waals surface area contributed by atoms with Gasteiger partial charge in [-0.15, -0.1) is 0 Å². The van der Waals surface area contributed by atoms with E-state index < -0.39 is 0 Å². The third-order valence-corrected chi connectivity index (χ3v) is 5.31. The average molecular weight is 358 g/mol. The Morgan fingerprint density at radius 2 is 1.70 bits per heavy atom. The van der Waals surface area contributed by atoms with Gasteiger partial charge in [0.15, 0.2) is 5.78 Å². The fourth-order valence-electron chi connectivity index (χ4n) is 3.64. The summed E-state index contributed by atoms with van der Waals surface area (Å²) in [5.74, 6) is 0.316. The first-order valence-electron chi connectivity index (χ1n) is 9.37. The molecule has 2 aromatic carbocycles. The lowest BCUT2D eigenvalue weighted by Crippen LogP contribution is -2.19. The van der Waals surface area contributed by atoms with Crippen LogP contribution in [0.4, 0.5) is 0 Å². The Hall–Kier alpha value is -2.87. The van der Waals surface area contributed by atoms with Gasteiger partial charge < -0.3 is 5.11 Å². The number of phenolic OH excluding ortho intramolecular Hbond substituents is 1. The summed E-state index contributed by atoms with van der Waals surface area (Å²) in [6.07, 6.45) is 7.79. The molecule has 0 saturated heterocycles. The lowest BCUT2D eigenvalue weighted by atomic mass is 9.76.